The third-order valence-electron chi connectivity index (χ3n) is 3.97. The molecule has 1 aromatic rings. The lowest BCUT2D eigenvalue weighted by molar-refractivity contribution is -0.0658. The second kappa shape index (κ2) is 5.83. The van der Waals surface area contributed by atoms with E-state index in [0.29, 0.717) is 12.6 Å². The second-order valence-electron chi connectivity index (χ2n) is 5.06. The normalized spacial score (nSPS) is 25.3. The SMILES string of the molecule is CCN1CCOC(CN)C1c1ccc(C)c(C)c1. The summed E-state index contributed by atoms with van der Waals surface area (Å²) in [6.45, 7) is 9.91. The van der Waals surface area contributed by atoms with E-state index in [1.807, 2.05) is 0 Å². The molecule has 1 fully saturated rings. The smallest absolute Gasteiger partial charge is 0.0894 e. The summed E-state index contributed by atoms with van der Waals surface area (Å²) in [6, 6.07) is 6.99. The van der Waals surface area contributed by atoms with E-state index in [-0.39, 0.29) is 6.10 Å². The van der Waals surface area contributed by atoms with E-state index in [1.54, 1.807) is 0 Å². The molecule has 0 amide bonds. The van der Waals surface area contributed by atoms with Gasteiger partial charge in [-0.15, -0.1) is 0 Å². The fourth-order valence-electron chi connectivity index (χ4n) is 2.71. The van der Waals surface area contributed by atoms with E-state index < -0.39 is 0 Å². The summed E-state index contributed by atoms with van der Waals surface area (Å²) in [4.78, 5) is 2.46. The Morgan fingerprint density at radius 2 is 2.11 bits per heavy atom. The van der Waals surface area contributed by atoms with Crippen LogP contribution in [0.4, 0.5) is 0 Å². The molecule has 2 unspecified atom stereocenters. The van der Waals surface area contributed by atoms with Crippen molar-refractivity contribution in [1.29, 1.82) is 0 Å². The van der Waals surface area contributed by atoms with E-state index in [9.17, 15) is 0 Å². The maximum atomic E-state index is 5.86. The molecule has 1 heterocycles. The fourth-order valence-corrected chi connectivity index (χ4v) is 2.71. The van der Waals surface area contributed by atoms with Crippen molar-refractivity contribution in [1.82, 2.24) is 4.90 Å². The van der Waals surface area contributed by atoms with Crippen LogP contribution in [0.3, 0.4) is 0 Å². The molecule has 3 nitrogen and oxygen atoms in total. The molecule has 0 spiro atoms. The summed E-state index contributed by atoms with van der Waals surface area (Å²) in [6.07, 6.45) is 0.112. The first kappa shape index (κ1) is 13.5. The molecule has 2 N–H and O–H groups in total. The van der Waals surface area contributed by atoms with Crippen LogP contribution in [-0.4, -0.2) is 37.2 Å². The first-order chi connectivity index (χ1) is 8.67. The molecular formula is C15H24N2O. The van der Waals surface area contributed by atoms with Crippen LogP contribution in [0, 0.1) is 13.8 Å². The molecule has 1 aliphatic rings. The van der Waals surface area contributed by atoms with Crippen LogP contribution in [0.1, 0.15) is 29.7 Å². The average Bonchev–Trinajstić information content (AvgIpc) is 2.41. The standard InChI is InChI=1S/C15H24N2O/c1-4-17-7-8-18-14(10-16)15(17)13-6-5-11(2)12(3)9-13/h5-6,9,14-15H,4,7-8,10,16H2,1-3H3. The van der Waals surface area contributed by atoms with Gasteiger partial charge in [0.25, 0.3) is 0 Å². The van der Waals surface area contributed by atoms with Gasteiger partial charge >= 0.3 is 0 Å². The van der Waals surface area contributed by atoms with Gasteiger partial charge in [0.05, 0.1) is 18.8 Å². The largest absolute Gasteiger partial charge is 0.374 e. The Morgan fingerprint density at radius 1 is 1.33 bits per heavy atom. The van der Waals surface area contributed by atoms with Crippen molar-refractivity contribution in [2.75, 3.05) is 26.2 Å². The number of ether oxygens (including phenoxy) is 1. The molecule has 0 radical (unpaired) electrons. The number of morpholine rings is 1. The molecule has 0 bridgehead atoms. The maximum absolute atomic E-state index is 5.86. The molecule has 0 aliphatic carbocycles. The Kier molecular flexibility index (Phi) is 4.38. The number of nitrogens with zero attached hydrogens (tertiary/aromatic N) is 1. The van der Waals surface area contributed by atoms with E-state index in [0.717, 1.165) is 19.7 Å². The summed E-state index contributed by atoms with van der Waals surface area (Å²) in [5, 5.41) is 0. The predicted octanol–water partition coefficient (Wildman–Crippen LogP) is 2.02. The van der Waals surface area contributed by atoms with Gasteiger partial charge in [-0.05, 0) is 37.1 Å². The van der Waals surface area contributed by atoms with E-state index in [4.69, 9.17) is 10.5 Å². The van der Waals surface area contributed by atoms with Crippen LogP contribution in [0.15, 0.2) is 18.2 Å². The van der Waals surface area contributed by atoms with Gasteiger partial charge in [-0.1, -0.05) is 25.1 Å². The average molecular weight is 248 g/mol. The van der Waals surface area contributed by atoms with Crippen LogP contribution in [0.25, 0.3) is 0 Å². The summed E-state index contributed by atoms with van der Waals surface area (Å²) in [5.74, 6) is 0. The first-order valence-corrected chi connectivity index (χ1v) is 6.80. The monoisotopic (exact) mass is 248 g/mol. The zero-order valence-corrected chi connectivity index (χ0v) is 11.6. The third-order valence-corrected chi connectivity index (χ3v) is 3.97. The van der Waals surface area contributed by atoms with Crippen molar-refractivity contribution in [3.05, 3.63) is 34.9 Å². The van der Waals surface area contributed by atoms with Gasteiger partial charge in [0.1, 0.15) is 0 Å². The summed E-state index contributed by atoms with van der Waals surface area (Å²) in [5.41, 5.74) is 9.87. The second-order valence-corrected chi connectivity index (χ2v) is 5.06. The minimum Gasteiger partial charge on any atom is -0.374 e. The molecule has 18 heavy (non-hydrogen) atoms. The fraction of sp³-hybridized carbons (Fsp3) is 0.600. The van der Waals surface area contributed by atoms with Gasteiger partial charge in [-0.25, -0.2) is 0 Å². The lowest BCUT2D eigenvalue weighted by atomic mass is 9.95. The zero-order valence-electron chi connectivity index (χ0n) is 11.6. The van der Waals surface area contributed by atoms with Crippen molar-refractivity contribution < 1.29 is 4.74 Å². The Hall–Kier alpha value is -0.900. The molecule has 100 valence electrons. The van der Waals surface area contributed by atoms with Crippen molar-refractivity contribution >= 4 is 0 Å². The molecule has 1 aromatic carbocycles. The minimum atomic E-state index is 0.112. The molecule has 3 heteroatoms. The number of likely N-dealkylation sites (N-methyl/N-ethyl adjacent to an activating group) is 1. The van der Waals surface area contributed by atoms with Crippen molar-refractivity contribution in [3.8, 4) is 0 Å². The van der Waals surface area contributed by atoms with Gasteiger partial charge in [0, 0.05) is 13.1 Å². The molecular weight excluding hydrogens is 224 g/mol. The van der Waals surface area contributed by atoms with Gasteiger partial charge in [0.15, 0.2) is 0 Å². The van der Waals surface area contributed by atoms with Crippen LogP contribution in [0.5, 0.6) is 0 Å². The van der Waals surface area contributed by atoms with E-state index in [2.05, 4.69) is 43.9 Å². The van der Waals surface area contributed by atoms with Crippen molar-refractivity contribution in [3.63, 3.8) is 0 Å². The minimum absolute atomic E-state index is 0.112. The lowest BCUT2D eigenvalue weighted by Gasteiger charge is -2.40. The quantitative estimate of drug-likeness (QED) is 0.889. The van der Waals surface area contributed by atoms with Gasteiger partial charge in [0.2, 0.25) is 0 Å². The zero-order chi connectivity index (χ0) is 13.1. The molecule has 1 saturated heterocycles. The number of aryl methyl sites for hydroxylation is 2. The van der Waals surface area contributed by atoms with Crippen LogP contribution in [0.2, 0.25) is 0 Å². The predicted molar refractivity (Wildman–Crippen MR) is 74.7 cm³/mol. The molecule has 0 aromatic heterocycles. The number of hydrogen-bond donors (Lipinski definition) is 1. The van der Waals surface area contributed by atoms with Crippen molar-refractivity contribution in [2.45, 2.75) is 32.9 Å². The topological polar surface area (TPSA) is 38.5 Å². The van der Waals surface area contributed by atoms with Crippen LogP contribution >= 0.6 is 0 Å². The van der Waals surface area contributed by atoms with Gasteiger partial charge < -0.3 is 10.5 Å². The Morgan fingerprint density at radius 3 is 2.72 bits per heavy atom. The molecule has 1 aliphatic heterocycles. The highest BCUT2D eigenvalue weighted by Crippen LogP contribution is 2.30. The molecule has 2 atom stereocenters. The highest BCUT2D eigenvalue weighted by atomic mass is 16.5. The van der Waals surface area contributed by atoms with Crippen molar-refractivity contribution in [2.24, 2.45) is 5.73 Å². The lowest BCUT2D eigenvalue weighted by Crippen LogP contribution is -2.48. The van der Waals surface area contributed by atoms with Crippen LogP contribution in [-0.2, 0) is 4.74 Å². The highest BCUT2D eigenvalue weighted by molar-refractivity contribution is 5.32. The number of benzene rings is 1. The number of rotatable bonds is 3. The van der Waals surface area contributed by atoms with Crippen LogP contribution < -0.4 is 5.73 Å². The Labute approximate surface area is 110 Å². The first-order valence-electron chi connectivity index (χ1n) is 6.80. The Balaban J connectivity index is 2.32. The van der Waals surface area contributed by atoms with Gasteiger partial charge in [-0.2, -0.15) is 0 Å². The highest BCUT2D eigenvalue weighted by Gasteiger charge is 2.31. The van der Waals surface area contributed by atoms with Gasteiger partial charge in [-0.3, -0.25) is 4.90 Å². The molecule has 0 saturated carbocycles. The van der Waals surface area contributed by atoms with E-state index in [1.165, 1.54) is 16.7 Å². The third kappa shape index (κ3) is 2.58. The summed E-state index contributed by atoms with van der Waals surface area (Å²) < 4.78 is 5.83. The molecule has 2 rings (SSSR count). The number of nitrogens with two attached hydrogens (primary N) is 1. The summed E-state index contributed by atoms with van der Waals surface area (Å²) in [7, 11) is 0. The summed E-state index contributed by atoms with van der Waals surface area (Å²) >= 11 is 0. The Bertz CT molecular complexity index is 393. The number of hydrogen-bond acceptors (Lipinski definition) is 3. The maximum Gasteiger partial charge on any atom is 0.0894 e. The van der Waals surface area contributed by atoms with E-state index >= 15 is 0 Å².